The smallest absolute Gasteiger partial charge is 0.261 e. The van der Waals surface area contributed by atoms with Gasteiger partial charge < -0.3 is 5.32 Å². The first-order valence-electron chi connectivity index (χ1n) is 6.62. The molecule has 6 heteroatoms. The van der Waals surface area contributed by atoms with Gasteiger partial charge in [-0.2, -0.15) is 0 Å². The van der Waals surface area contributed by atoms with Crippen LogP contribution in [0.15, 0.2) is 51.3 Å². The highest BCUT2D eigenvalue weighted by atomic mass is 79.9. The van der Waals surface area contributed by atoms with E-state index in [9.17, 15) is 4.79 Å². The Balaban J connectivity index is 1.63. The Labute approximate surface area is 134 Å². The monoisotopic (exact) mass is 363 g/mol. The zero-order valence-electron chi connectivity index (χ0n) is 11.3. The summed E-state index contributed by atoms with van der Waals surface area (Å²) in [5.74, 6) is 0. The Morgan fingerprint density at radius 3 is 3.00 bits per heavy atom. The van der Waals surface area contributed by atoms with Crippen LogP contribution in [0.4, 0.5) is 0 Å². The van der Waals surface area contributed by atoms with Crippen molar-refractivity contribution in [1.82, 2.24) is 14.9 Å². The van der Waals surface area contributed by atoms with E-state index in [1.54, 1.807) is 22.2 Å². The fourth-order valence-electron chi connectivity index (χ4n) is 2.12. The summed E-state index contributed by atoms with van der Waals surface area (Å²) in [5, 5.41) is 6.07. The molecule has 0 saturated heterocycles. The van der Waals surface area contributed by atoms with Crippen LogP contribution >= 0.6 is 27.3 Å². The van der Waals surface area contributed by atoms with Crippen LogP contribution in [-0.4, -0.2) is 16.1 Å². The van der Waals surface area contributed by atoms with Crippen molar-refractivity contribution in [3.63, 3.8) is 0 Å². The van der Waals surface area contributed by atoms with Crippen molar-refractivity contribution in [2.24, 2.45) is 0 Å². The molecule has 1 N–H and O–H groups in total. The average Bonchev–Trinajstić information content (AvgIpc) is 2.91. The number of benzene rings is 1. The normalized spacial score (nSPS) is 11.1. The molecule has 0 unspecified atom stereocenters. The molecule has 3 aromatic rings. The van der Waals surface area contributed by atoms with Gasteiger partial charge in [0.15, 0.2) is 0 Å². The summed E-state index contributed by atoms with van der Waals surface area (Å²) in [6, 6.07) is 9.52. The molecule has 108 valence electrons. The maximum absolute atomic E-state index is 12.3. The number of rotatable bonds is 5. The molecule has 3 rings (SSSR count). The molecule has 0 atom stereocenters. The molecule has 2 heterocycles. The zero-order chi connectivity index (χ0) is 14.7. The third kappa shape index (κ3) is 3.40. The zero-order valence-corrected chi connectivity index (χ0v) is 13.7. The first-order chi connectivity index (χ1) is 10.2. The van der Waals surface area contributed by atoms with Crippen LogP contribution in [0.5, 0.6) is 0 Å². The first kappa shape index (κ1) is 14.4. The Bertz CT molecular complexity index is 812. The number of aromatic nitrogens is 2. The number of nitrogens with zero attached hydrogens (tertiary/aromatic N) is 2. The minimum absolute atomic E-state index is 0.0151. The van der Waals surface area contributed by atoms with Crippen LogP contribution < -0.4 is 10.9 Å². The summed E-state index contributed by atoms with van der Waals surface area (Å²) in [6.07, 6.45) is 1.62. The van der Waals surface area contributed by atoms with Gasteiger partial charge in [-0.05, 0) is 34.1 Å². The van der Waals surface area contributed by atoms with Crippen molar-refractivity contribution >= 4 is 38.2 Å². The molecule has 0 fully saturated rings. The first-order valence-corrected chi connectivity index (χ1v) is 8.29. The lowest BCUT2D eigenvalue weighted by atomic mass is 10.2. The summed E-state index contributed by atoms with van der Waals surface area (Å²) >= 11 is 5.15. The van der Waals surface area contributed by atoms with E-state index in [4.69, 9.17) is 0 Å². The van der Waals surface area contributed by atoms with Gasteiger partial charge in [0.1, 0.15) is 0 Å². The Morgan fingerprint density at radius 1 is 1.33 bits per heavy atom. The number of thiophene rings is 1. The minimum Gasteiger partial charge on any atom is -0.310 e. The van der Waals surface area contributed by atoms with E-state index in [0.717, 1.165) is 23.1 Å². The number of hydrogen-bond donors (Lipinski definition) is 1. The molecule has 0 amide bonds. The lowest BCUT2D eigenvalue weighted by Gasteiger charge is -2.07. The number of halogens is 1. The van der Waals surface area contributed by atoms with Crippen LogP contribution in [-0.2, 0) is 13.1 Å². The largest absolute Gasteiger partial charge is 0.310 e. The van der Waals surface area contributed by atoms with E-state index in [0.29, 0.717) is 11.9 Å². The van der Waals surface area contributed by atoms with E-state index in [-0.39, 0.29) is 5.56 Å². The standard InChI is InChI=1S/C15H14BrN3OS/c16-11-7-12(21-9-11)8-17-5-6-19-10-18-14-4-2-1-3-13(14)15(19)20/h1-4,7,9-10,17H,5-6,8H2. The molecule has 4 nitrogen and oxygen atoms in total. The predicted molar refractivity (Wildman–Crippen MR) is 89.7 cm³/mol. The lowest BCUT2D eigenvalue weighted by molar-refractivity contribution is 0.584. The Hall–Kier alpha value is -1.50. The van der Waals surface area contributed by atoms with Gasteiger partial charge in [0, 0.05) is 34.4 Å². The molecule has 21 heavy (non-hydrogen) atoms. The van der Waals surface area contributed by atoms with Crippen LogP contribution in [0, 0.1) is 0 Å². The van der Waals surface area contributed by atoms with E-state index >= 15 is 0 Å². The third-order valence-electron chi connectivity index (χ3n) is 3.18. The van der Waals surface area contributed by atoms with Crippen molar-refractivity contribution in [1.29, 1.82) is 0 Å². The highest BCUT2D eigenvalue weighted by Crippen LogP contribution is 2.19. The molecule has 0 saturated carbocycles. The Morgan fingerprint density at radius 2 is 2.19 bits per heavy atom. The van der Waals surface area contributed by atoms with E-state index in [2.05, 4.69) is 37.7 Å². The number of hydrogen-bond acceptors (Lipinski definition) is 4. The maximum atomic E-state index is 12.3. The molecule has 0 spiro atoms. The van der Waals surface area contributed by atoms with Gasteiger partial charge in [-0.25, -0.2) is 4.98 Å². The van der Waals surface area contributed by atoms with Gasteiger partial charge >= 0.3 is 0 Å². The van der Waals surface area contributed by atoms with Crippen molar-refractivity contribution < 1.29 is 0 Å². The summed E-state index contributed by atoms with van der Waals surface area (Å²) in [7, 11) is 0. The molecule has 0 aliphatic rings. The van der Waals surface area contributed by atoms with Crippen LogP contribution in [0.25, 0.3) is 10.9 Å². The van der Waals surface area contributed by atoms with Crippen LogP contribution in [0.2, 0.25) is 0 Å². The number of nitrogens with one attached hydrogen (secondary N) is 1. The van der Waals surface area contributed by atoms with Gasteiger partial charge in [-0.3, -0.25) is 9.36 Å². The van der Waals surface area contributed by atoms with Gasteiger partial charge in [0.25, 0.3) is 5.56 Å². The SMILES string of the molecule is O=c1c2ccccc2ncn1CCNCc1cc(Br)cs1. The molecular weight excluding hydrogens is 350 g/mol. The maximum Gasteiger partial charge on any atom is 0.261 e. The number of para-hydroxylation sites is 1. The average molecular weight is 364 g/mol. The summed E-state index contributed by atoms with van der Waals surface area (Å²) in [5.41, 5.74) is 0.761. The van der Waals surface area contributed by atoms with E-state index < -0.39 is 0 Å². The number of fused-ring (bicyclic) bond motifs is 1. The summed E-state index contributed by atoms with van der Waals surface area (Å²) in [6.45, 7) is 2.16. The fourth-order valence-corrected chi connectivity index (χ4v) is 3.54. The van der Waals surface area contributed by atoms with Crippen LogP contribution in [0.3, 0.4) is 0 Å². The van der Waals surface area contributed by atoms with Crippen molar-refractivity contribution in [3.05, 3.63) is 61.7 Å². The van der Waals surface area contributed by atoms with Crippen molar-refractivity contribution in [2.45, 2.75) is 13.1 Å². The highest BCUT2D eigenvalue weighted by molar-refractivity contribution is 9.10. The molecule has 0 aliphatic heterocycles. The molecule has 0 bridgehead atoms. The molecular formula is C15H14BrN3OS. The van der Waals surface area contributed by atoms with E-state index in [1.807, 2.05) is 24.3 Å². The predicted octanol–water partition coefficient (Wildman–Crippen LogP) is 3.01. The quantitative estimate of drug-likeness (QED) is 0.708. The molecule has 2 aromatic heterocycles. The second-order valence-corrected chi connectivity index (χ2v) is 6.58. The van der Waals surface area contributed by atoms with E-state index in [1.165, 1.54) is 4.88 Å². The van der Waals surface area contributed by atoms with Crippen molar-refractivity contribution in [3.8, 4) is 0 Å². The molecule has 1 aromatic carbocycles. The molecule has 0 radical (unpaired) electrons. The summed E-state index contributed by atoms with van der Waals surface area (Å²) in [4.78, 5) is 17.9. The van der Waals surface area contributed by atoms with Crippen LogP contribution in [0.1, 0.15) is 4.88 Å². The summed E-state index contributed by atoms with van der Waals surface area (Å²) < 4.78 is 2.76. The van der Waals surface area contributed by atoms with Gasteiger partial charge in [-0.15, -0.1) is 11.3 Å². The van der Waals surface area contributed by atoms with Gasteiger partial charge in [0.05, 0.1) is 17.2 Å². The third-order valence-corrected chi connectivity index (χ3v) is 4.88. The second-order valence-electron chi connectivity index (χ2n) is 4.67. The Kier molecular flexibility index (Phi) is 4.48. The highest BCUT2D eigenvalue weighted by Gasteiger charge is 2.03. The van der Waals surface area contributed by atoms with Gasteiger partial charge in [0.2, 0.25) is 0 Å². The minimum atomic E-state index is 0.0151. The van der Waals surface area contributed by atoms with Gasteiger partial charge in [-0.1, -0.05) is 12.1 Å². The van der Waals surface area contributed by atoms with Crippen molar-refractivity contribution in [2.75, 3.05) is 6.54 Å². The second kappa shape index (κ2) is 6.51. The lowest BCUT2D eigenvalue weighted by Crippen LogP contribution is -2.27. The topological polar surface area (TPSA) is 46.9 Å². The fraction of sp³-hybridized carbons (Fsp3) is 0.200. The molecule has 0 aliphatic carbocycles.